The maximum atomic E-state index is 11.7. The second-order valence-corrected chi connectivity index (χ2v) is 4.39. The lowest BCUT2D eigenvalue weighted by Crippen LogP contribution is -2.42. The summed E-state index contributed by atoms with van der Waals surface area (Å²) in [5.41, 5.74) is 0. The number of alkyl halides is 1. The van der Waals surface area contributed by atoms with E-state index in [4.69, 9.17) is 11.6 Å². The van der Waals surface area contributed by atoms with Crippen LogP contribution in [0.2, 0.25) is 0 Å². The summed E-state index contributed by atoms with van der Waals surface area (Å²) in [6.45, 7) is 1.79. The molecule has 2 amide bonds. The van der Waals surface area contributed by atoms with Crippen LogP contribution in [0.4, 0.5) is 0 Å². The molecule has 0 saturated carbocycles. The predicted molar refractivity (Wildman–Crippen MR) is 63.4 cm³/mol. The molecule has 1 saturated heterocycles. The van der Waals surface area contributed by atoms with Crippen LogP contribution in [0.15, 0.2) is 0 Å². The lowest BCUT2D eigenvalue weighted by Gasteiger charge is -2.26. The van der Waals surface area contributed by atoms with Crippen LogP contribution in [0.1, 0.15) is 32.1 Å². The number of carbonyl (C=O) groups is 2. The van der Waals surface area contributed by atoms with Crippen molar-refractivity contribution in [2.24, 2.45) is 0 Å². The van der Waals surface area contributed by atoms with E-state index < -0.39 is 0 Å². The zero-order valence-electron chi connectivity index (χ0n) is 9.51. The first-order chi connectivity index (χ1) is 7.74. The van der Waals surface area contributed by atoms with Crippen molar-refractivity contribution in [1.82, 2.24) is 10.2 Å². The molecule has 1 aliphatic heterocycles. The van der Waals surface area contributed by atoms with E-state index in [0.29, 0.717) is 18.7 Å². The minimum absolute atomic E-state index is 0.0268. The number of nitrogens with one attached hydrogen (secondary N) is 1. The van der Waals surface area contributed by atoms with Crippen LogP contribution in [0.25, 0.3) is 0 Å². The highest BCUT2D eigenvalue weighted by molar-refractivity contribution is 6.17. The van der Waals surface area contributed by atoms with Gasteiger partial charge in [0.25, 0.3) is 0 Å². The molecule has 92 valence electrons. The Labute approximate surface area is 101 Å². The Morgan fingerprint density at radius 3 is 2.50 bits per heavy atom. The highest BCUT2D eigenvalue weighted by atomic mass is 35.5. The standard InChI is InChI=1S/C11H19ClN2O2/c12-6-4-5-10(15)13-9-11(16)14-7-2-1-3-8-14/h1-9H2,(H,13,15). The van der Waals surface area contributed by atoms with Gasteiger partial charge in [-0.05, 0) is 25.7 Å². The predicted octanol–water partition coefficient (Wildman–Crippen LogP) is 1.13. The average Bonchev–Trinajstić information content (AvgIpc) is 2.34. The largest absolute Gasteiger partial charge is 0.347 e. The number of hydrogen-bond donors (Lipinski definition) is 1. The fraction of sp³-hybridized carbons (Fsp3) is 0.818. The minimum atomic E-state index is -0.0917. The van der Waals surface area contributed by atoms with Crippen molar-refractivity contribution < 1.29 is 9.59 Å². The first-order valence-electron chi connectivity index (χ1n) is 5.84. The van der Waals surface area contributed by atoms with Crippen molar-refractivity contribution in [1.29, 1.82) is 0 Å². The van der Waals surface area contributed by atoms with Gasteiger partial charge in [-0.15, -0.1) is 11.6 Å². The number of hydrogen-bond acceptors (Lipinski definition) is 2. The second-order valence-electron chi connectivity index (χ2n) is 4.01. The molecule has 0 radical (unpaired) electrons. The Bertz CT molecular complexity index is 240. The van der Waals surface area contributed by atoms with Gasteiger partial charge in [0, 0.05) is 25.4 Å². The Hall–Kier alpha value is -0.770. The molecule has 1 heterocycles. The third-order valence-corrected chi connectivity index (χ3v) is 2.95. The zero-order chi connectivity index (χ0) is 11.8. The highest BCUT2D eigenvalue weighted by Crippen LogP contribution is 2.08. The van der Waals surface area contributed by atoms with Gasteiger partial charge in [-0.2, -0.15) is 0 Å². The molecule has 4 nitrogen and oxygen atoms in total. The van der Waals surface area contributed by atoms with E-state index in [1.54, 1.807) is 0 Å². The summed E-state index contributed by atoms with van der Waals surface area (Å²) in [7, 11) is 0. The lowest BCUT2D eigenvalue weighted by atomic mass is 10.1. The highest BCUT2D eigenvalue weighted by Gasteiger charge is 2.16. The van der Waals surface area contributed by atoms with E-state index >= 15 is 0 Å². The SMILES string of the molecule is O=C(CCCCl)NCC(=O)N1CCCCC1. The summed E-state index contributed by atoms with van der Waals surface area (Å²) in [5.74, 6) is 0.415. The van der Waals surface area contributed by atoms with Gasteiger partial charge in [-0.3, -0.25) is 9.59 Å². The van der Waals surface area contributed by atoms with Crippen LogP contribution in [-0.2, 0) is 9.59 Å². The summed E-state index contributed by atoms with van der Waals surface area (Å²) < 4.78 is 0. The fourth-order valence-corrected chi connectivity index (χ4v) is 1.88. The first-order valence-corrected chi connectivity index (χ1v) is 6.38. The number of likely N-dealkylation sites (tertiary alicyclic amines) is 1. The molecule has 0 bridgehead atoms. The molecule has 0 aliphatic carbocycles. The van der Waals surface area contributed by atoms with E-state index in [0.717, 1.165) is 25.9 Å². The molecule has 1 rings (SSSR count). The molecule has 0 atom stereocenters. The van der Waals surface area contributed by atoms with Crippen LogP contribution >= 0.6 is 11.6 Å². The summed E-state index contributed by atoms with van der Waals surface area (Å²) in [6.07, 6.45) is 4.41. The average molecular weight is 247 g/mol. The molecule has 1 aliphatic rings. The van der Waals surface area contributed by atoms with Crippen LogP contribution < -0.4 is 5.32 Å². The van der Waals surface area contributed by atoms with Gasteiger partial charge in [-0.1, -0.05) is 0 Å². The number of amides is 2. The quantitative estimate of drug-likeness (QED) is 0.740. The van der Waals surface area contributed by atoms with Gasteiger partial charge in [-0.25, -0.2) is 0 Å². The molecular formula is C11H19ClN2O2. The summed E-state index contributed by atoms with van der Waals surface area (Å²) in [5, 5.41) is 2.63. The number of carbonyl (C=O) groups excluding carboxylic acids is 2. The van der Waals surface area contributed by atoms with Gasteiger partial charge in [0.2, 0.25) is 11.8 Å². The normalized spacial score (nSPS) is 15.9. The Morgan fingerprint density at radius 1 is 1.19 bits per heavy atom. The third kappa shape index (κ3) is 4.84. The molecule has 0 unspecified atom stereocenters. The van der Waals surface area contributed by atoms with Crippen molar-refractivity contribution >= 4 is 23.4 Å². The lowest BCUT2D eigenvalue weighted by molar-refractivity contribution is -0.133. The number of halogens is 1. The van der Waals surface area contributed by atoms with Crippen molar-refractivity contribution in [3.63, 3.8) is 0 Å². The molecule has 0 aromatic heterocycles. The monoisotopic (exact) mass is 246 g/mol. The molecule has 1 fully saturated rings. The van der Waals surface area contributed by atoms with Gasteiger partial charge in [0.15, 0.2) is 0 Å². The van der Waals surface area contributed by atoms with Crippen LogP contribution in [-0.4, -0.2) is 42.2 Å². The maximum absolute atomic E-state index is 11.7. The summed E-state index contributed by atoms with van der Waals surface area (Å²) in [4.78, 5) is 24.7. The molecule has 0 aromatic carbocycles. The van der Waals surface area contributed by atoms with E-state index in [2.05, 4.69) is 5.32 Å². The van der Waals surface area contributed by atoms with Gasteiger partial charge >= 0.3 is 0 Å². The van der Waals surface area contributed by atoms with Gasteiger partial charge in [0.05, 0.1) is 6.54 Å². The number of rotatable bonds is 5. The van der Waals surface area contributed by atoms with E-state index in [9.17, 15) is 9.59 Å². The number of piperidine rings is 1. The number of nitrogens with zero attached hydrogens (tertiary/aromatic N) is 1. The van der Waals surface area contributed by atoms with E-state index in [1.807, 2.05) is 4.90 Å². The van der Waals surface area contributed by atoms with Crippen LogP contribution in [0.5, 0.6) is 0 Å². The van der Waals surface area contributed by atoms with Crippen LogP contribution in [0.3, 0.4) is 0 Å². The smallest absolute Gasteiger partial charge is 0.241 e. The third-order valence-electron chi connectivity index (χ3n) is 2.68. The summed E-state index contributed by atoms with van der Waals surface area (Å²) in [6, 6.07) is 0. The summed E-state index contributed by atoms with van der Waals surface area (Å²) >= 11 is 5.47. The minimum Gasteiger partial charge on any atom is -0.347 e. The van der Waals surface area contributed by atoms with E-state index in [-0.39, 0.29) is 18.4 Å². The second kappa shape index (κ2) is 7.49. The van der Waals surface area contributed by atoms with Gasteiger partial charge in [0.1, 0.15) is 0 Å². The molecular weight excluding hydrogens is 228 g/mol. The molecule has 16 heavy (non-hydrogen) atoms. The molecule has 1 N–H and O–H groups in total. The van der Waals surface area contributed by atoms with E-state index in [1.165, 1.54) is 6.42 Å². The molecule has 0 spiro atoms. The van der Waals surface area contributed by atoms with Gasteiger partial charge < -0.3 is 10.2 Å². The van der Waals surface area contributed by atoms with Crippen molar-refractivity contribution in [3.05, 3.63) is 0 Å². The van der Waals surface area contributed by atoms with Crippen molar-refractivity contribution in [2.45, 2.75) is 32.1 Å². The Morgan fingerprint density at radius 2 is 1.88 bits per heavy atom. The van der Waals surface area contributed by atoms with Crippen molar-refractivity contribution in [3.8, 4) is 0 Å². The Balaban J connectivity index is 2.15. The molecule has 5 heteroatoms. The maximum Gasteiger partial charge on any atom is 0.241 e. The zero-order valence-corrected chi connectivity index (χ0v) is 10.3. The van der Waals surface area contributed by atoms with Crippen LogP contribution in [0, 0.1) is 0 Å². The fourth-order valence-electron chi connectivity index (χ4n) is 1.75. The molecule has 0 aromatic rings. The topological polar surface area (TPSA) is 49.4 Å². The first kappa shape index (κ1) is 13.3. The van der Waals surface area contributed by atoms with Crippen molar-refractivity contribution in [2.75, 3.05) is 25.5 Å². The Kier molecular flexibility index (Phi) is 6.23.